The van der Waals surface area contributed by atoms with Crippen molar-refractivity contribution >= 4 is 35.6 Å². The molecule has 0 radical (unpaired) electrons. The van der Waals surface area contributed by atoms with Crippen LogP contribution in [-0.2, 0) is 30.4 Å². The third-order valence-electron chi connectivity index (χ3n) is 4.99. The van der Waals surface area contributed by atoms with Crippen LogP contribution in [0.4, 0.5) is 0 Å². The van der Waals surface area contributed by atoms with Crippen molar-refractivity contribution < 1.29 is 29.1 Å². The van der Waals surface area contributed by atoms with Gasteiger partial charge in [0, 0.05) is 13.0 Å². The standard InChI is InChI=1S/C22H34N8O6/c1-12(28-19(33)14(23)11-17(24)31)18(32)29-15(8-5-9-27-22(25)26)20(34)30-16(21(35)36)10-13-6-3-2-4-7-13/h2-4,6-7,12,14-16H,5,8-11,23H2,1H3,(H2,24,31)(H,28,33)(H,29,32)(H,30,34)(H,35,36)(H4,25,26,27). The first kappa shape index (κ1) is 29.8. The van der Waals surface area contributed by atoms with Crippen LogP contribution in [-0.4, -0.2) is 71.4 Å². The van der Waals surface area contributed by atoms with Crippen LogP contribution in [0.5, 0.6) is 0 Å². The Morgan fingerprint density at radius 3 is 2.08 bits per heavy atom. The zero-order valence-electron chi connectivity index (χ0n) is 20.0. The Kier molecular flexibility index (Phi) is 12.4. The van der Waals surface area contributed by atoms with Gasteiger partial charge in [0.2, 0.25) is 23.6 Å². The predicted molar refractivity (Wildman–Crippen MR) is 131 cm³/mol. The molecule has 198 valence electrons. The topological polar surface area (TPSA) is 258 Å². The number of nitrogens with two attached hydrogens (primary N) is 4. The zero-order chi connectivity index (χ0) is 27.3. The number of carbonyl (C=O) groups is 5. The van der Waals surface area contributed by atoms with E-state index in [1.807, 2.05) is 0 Å². The van der Waals surface area contributed by atoms with Gasteiger partial charge in [-0.05, 0) is 25.3 Å². The van der Waals surface area contributed by atoms with Crippen molar-refractivity contribution in [3.8, 4) is 0 Å². The quantitative estimate of drug-likeness (QED) is 0.0685. The minimum atomic E-state index is -1.25. The largest absolute Gasteiger partial charge is 0.480 e. The summed E-state index contributed by atoms with van der Waals surface area (Å²) in [6.45, 7) is 1.52. The Balaban J connectivity index is 2.90. The van der Waals surface area contributed by atoms with E-state index in [0.717, 1.165) is 0 Å². The van der Waals surface area contributed by atoms with Crippen molar-refractivity contribution in [2.75, 3.05) is 6.54 Å². The van der Waals surface area contributed by atoms with Crippen molar-refractivity contribution in [2.24, 2.45) is 27.9 Å². The number of carbonyl (C=O) groups excluding carboxylic acids is 4. The highest BCUT2D eigenvalue weighted by Crippen LogP contribution is 2.06. The maximum absolute atomic E-state index is 13.0. The summed E-state index contributed by atoms with van der Waals surface area (Å²) in [5.74, 6) is -4.42. The van der Waals surface area contributed by atoms with Crippen LogP contribution in [0.15, 0.2) is 35.3 Å². The summed E-state index contributed by atoms with van der Waals surface area (Å²) < 4.78 is 0. The maximum atomic E-state index is 13.0. The molecule has 12 N–H and O–H groups in total. The number of carboxylic acids is 1. The molecule has 4 amide bonds. The smallest absolute Gasteiger partial charge is 0.326 e. The molecule has 0 aliphatic carbocycles. The predicted octanol–water partition coefficient (Wildman–Crippen LogP) is -2.96. The number of guanidine groups is 1. The van der Waals surface area contributed by atoms with Crippen molar-refractivity contribution in [1.82, 2.24) is 16.0 Å². The molecule has 0 fully saturated rings. The van der Waals surface area contributed by atoms with E-state index in [0.29, 0.717) is 5.56 Å². The summed E-state index contributed by atoms with van der Waals surface area (Å²) >= 11 is 0. The second kappa shape index (κ2) is 14.9. The fourth-order valence-electron chi connectivity index (χ4n) is 3.09. The second-order valence-electron chi connectivity index (χ2n) is 8.11. The van der Waals surface area contributed by atoms with Gasteiger partial charge in [-0.1, -0.05) is 30.3 Å². The number of hydrogen-bond donors (Lipinski definition) is 8. The molecule has 1 aromatic carbocycles. The lowest BCUT2D eigenvalue weighted by Gasteiger charge is -2.23. The normalized spacial score (nSPS) is 13.8. The molecule has 36 heavy (non-hydrogen) atoms. The molecule has 0 heterocycles. The molecule has 1 rings (SSSR count). The van der Waals surface area contributed by atoms with E-state index in [-0.39, 0.29) is 31.8 Å². The van der Waals surface area contributed by atoms with E-state index in [1.54, 1.807) is 30.3 Å². The van der Waals surface area contributed by atoms with Gasteiger partial charge < -0.3 is 44.0 Å². The lowest BCUT2D eigenvalue weighted by molar-refractivity contribution is -0.142. The van der Waals surface area contributed by atoms with Crippen molar-refractivity contribution in [3.05, 3.63) is 35.9 Å². The number of carboxylic acid groups (broad SMARTS) is 1. The lowest BCUT2D eigenvalue weighted by atomic mass is 10.0. The van der Waals surface area contributed by atoms with Gasteiger partial charge in [0.25, 0.3) is 0 Å². The average molecular weight is 507 g/mol. The third kappa shape index (κ3) is 11.3. The fraction of sp³-hybridized carbons (Fsp3) is 0.455. The Hall–Kier alpha value is -4.20. The van der Waals surface area contributed by atoms with Crippen LogP contribution < -0.4 is 38.9 Å². The van der Waals surface area contributed by atoms with Gasteiger partial charge in [-0.3, -0.25) is 24.2 Å². The van der Waals surface area contributed by atoms with E-state index in [2.05, 4.69) is 20.9 Å². The minimum Gasteiger partial charge on any atom is -0.480 e. The number of benzene rings is 1. The molecule has 0 aromatic heterocycles. The summed E-state index contributed by atoms with van der Waals surface area (Å²) in [6, 6.07) is 3.95. The molecule has 14 heteroatoms. The van der Waals surface area contributed by atoms with Gasteiger partial charge in [0.05, 0.1) is 12.5 Å². The van der Waals surface area contributed by atoms with Crippen LogP contribution in [0.25, 0.3) is 0 Å². The minimum absolute atomic E-state index is 0.0286. The molecular weight excluding hydrogens is 472 g/mol. The molecular formula is C22H34N8O6. The molecule has 14 nitrogen and oxygen atoms in total. The Morgan fingerprint density at radius 2 is 1.53 bits per heavy atom. The summed E-state index contributed by atoms with van der Waals surface area (Å²) in [5.41, 5.74) is 21.9. The number of primary amides is 1. The molecule has 0 saturated carbocycles. The van der Waals surface area contributed by atoms with E-state index in [4.69, 9.17) is 22.9 Å². The summed E-state index contributed by atoms with van der Waals surface area (Å²) in [7, 11) is 0. The highest BCUT2D eigenvalue weighted by atomic mass is 16.4. The van der Waals surface area contributed by atoms with Gasteiger partial charge in [-0.25, -0.2) is 4.79 Å². The third-order valence-corrected chi connectivity index (χ3v) is 4.99. The maximum Gasteiger partial charge on any atom is 0.326 e. The summed E-state index contributed by atoms with van der Waals surface area (Å²) in [4.78, 5) is 64.2. The zero-order valence-corrected chi connectivity index (χ0v) is 20.0. The van der Waals surface area contributed by atoms with Crippen molar-refractivity contribution in [1.29, 1.82) is 0 Å². The van der Waals surface area contributed by atoms with Crippen LogP contribution in [0, 0.1) is 0 Å². The van der Waals surface area contributed by atoms with Crippen LogP contribution >= 0.6 is 0 Å². The first-order valence-corrected chi connectivity index (χ1v) is 11.2. The first-order valence-electron chi connectivity index (χ1n) is 11.2. The molecule has 0 aliphatic heterocycles. The number of aliphatic imine (C=N–C) groups is 1. The molecule has 4 unspecified atom stereocenters. The molecule has 0 aliphatic rings. The molecule has 1 aromatic rings. The molecule has 0 saturated heterocycles. The monoisotopic (exact) mass is 506 g/mol. The fourth-order valence-corrected chi connectivity index (χ4v) is 3.09. The van der Waals surface area contributed by atoms with Crippen molar-refractivity contribution in [2.45, 2.75) is 56.8 Å². The van der Waals surface area contributed by atoms with Gasteiger partial charge in [-0.15, -0.1) is 0 Å². The van der Waals surface area contributed by atoms with Gasteiger partial charge >= 0.3 is 5.97 Å². The highest BCUT2D eigenvalue weighted by Gasteiger charge is 2.29. The van der Waals surface area contributed by atoms with Gasteiger partial charge in [0.15, 0.2) is 5.96 Å². The van der Waals surface area contributed by atoms with E-state index < -0.39 is 60.2 Å². The first-order chi connectivity index (χ1) is 16.9. The average Bonchev–Trinajstić information content (AvgIpc) is 2.80. The number of amides is 4. The summed E-state index contributed by atoms with van der Waals surface area (Å²) in [6.07, 6.45) is -0.0143. The van der Waals surface area contributed by atoms with Crippen LogP contribution in [0.2, 0.25) is 0 Å². The number of aliphatic carboxylic acids is 1. The number of nitrogens with one attached hydrogen (secondary N) is 3. The van der Waals surface area contributed by atoms with Gasteiger partial charge in [-0.2, -0.15) is 0 Å². The molecule has 0 bridgehead atoms. The number of nitrogens with zero attached hydrogens (tertiary/aromatic N) is 1. The van der Waals surface area contributed by atoms with E-state index >= 15 is 0 Å². The van der Waals surface area contributed by atoms with Crippen LogP contribution in [0.3, 0.4) is 0 Å². The van der Waals surface area contributed by atoms with Gasteiger partial charge in [0.1, 0.15) is 18.1 Å². The van der Waals surface area contributed by atoms with E-state index in [1.165, 1.54) is 6.92 Å². The Morgan fingerprint density at radius 1 is 0.917 bits per heavy atom. The summed E-state index contributed by atoms with van der Waals surface area (Å²) in [5, 5.41) is 16.9. The lowest BCUT2D eigenvalue weighted by Crippen LogP contribution is -2.56. The molecule has 0 spiro atoms. The SMILES string of the molecule is CC(NC(=O)C(N)CC(N)=O)C(=O)NC(CCCN=C(N)N)C(=O)NC(Cc1ccccc1)C(=O)O. The van der Waals surface area contributed by atoms with Crippen molar-refractivity contribution in [3.63, 3.8) is 0 Å². The molecule has 4 atom stereocenters. The van der Waals surface area contributed by atoms with E-state index in [9.17, 15) is 29.1 Å². The second-order valence-corrected chi connectivity index (χ2v) is 8.11. The number of hydrogen-bond acceptors (Lipinski definition) is 7. The number of rotatable bonds is 15. The Labute approximate surface area is 208 Å². The Bertz CT molecular complexity index is 951. The van der Waals surface area contributed by atoms with Crippen LogP contribution in [0.1, 0.15) is 31.7 Å². The highest BCUT2D eigenvalue weighted by molar-refractivity contribution is 5.94.